The van der Waals surface area contributed by atoms with Crippen LogP contribution in [0.5, 0.6) is 0 Å². The Morgan fingerprint density at radius 1 is 1.47 bits per heavy atom. The van der Waals surface area contributed by atoms with Crippen molar-refractivity contribution in [1.29, 1.82) is 0 Å². The average Bonchev–Trinajstić information content (AvgIpc) is 2.71. The summed E-state index contributed by atoms with van der Waals surface area (Å²) in [6.07, 6.45) is 5.86. The Bertz CT molecular complexity index is 309. The topological polar surface area (TPSA) is 55.1 Å². The van der Waals surface area contributed by atoms with Gasteiger partial charge in [-0.25, -0.2) is 5.84 Å². The first-order valence-corrected chi connectivity index (χ1v) is 6.24. The molecule has 0 aliphatic carbocycles. The molecule has 1 aromatic heterocycles. The van der Waals surface area contributed by atoms with E-state index in [1.807, 2.05) is 11.4 Å². The first-order chi connectivity index (χ1) is 7.29. The summed E-state index contributed by atoms with van der Waals surface area (Å²) in [5.74, 6) is 4.94. The maximum absolute atomic E-state index is 11.4. The van der Waals surface area contributed by atoms with Gasteiger partial charge in [0.25, 0.3) is 5.91 Å². The quantitative estimate of drug-likeness (QED) is 0.339. The first kappa shape index (κ1) is 12.2. The molecule has 0 saturated carbocycles. The van der Waals surface area contributed by atoms with Crippen LogP contribution in [-0.2, 0) is 6.42 Å². The van der Waals surface area contributed by atoms with Crippen molar-refractivity contribution in [3.8, 4) is 0 Å². The Labute approximate surface area is 94.6 Å². The largest absolute Gasteiger partial charge is 0.289 e. The van der Waals surface area contributed by atoms with E-state index in [0.717, 1.165) is 23.3 Å². The minimum Gasteiger partial charge on any atom is -0.289 e. The van der Waals surface area contributed by atoms with Gasteiger partial charge in [-0.15, -0.1) is 11.3 Å². The molecule has 0 atom stereocenters. The lowest BCUT2D eigenvalue weighted by molar-refractivity contribution is 0.0957. The number of thiophene rings is 1. The summed E-state index contributed by atoms with van der Waals surface area (Å²) >= 11 is 1.45. The second-order valence-electron chi connectivity index (χ2n) is 3.56. The van der Waals surface area contributed by atoms with Crippen molar-refractivity contribution in [2.75, 3.05) is 0 Å². The summed E-state index contributed by atoms with van der Waals surface area (Å²) in [7, 11) is 0. The number of nitrogens with two attached hydrogens (primary N) is 1. The van der Waals surface area contributed by atoms with Crippen LogP contribution >= 0.6 is 11.3 Å². The molecule has 0 bridgehead atoms. The Balaban J connectivity index is 2.46. The van der Waals surface area contributed by atoms with Crippen molar-refractivity contribution in [3.63, 3.8) is 0 Å². The lowest BCUT2D eigenvalue weighted by atomic mass is 10.1. The second kappa shape index (κ2) is 6.58. The van der Waals surface area contributed by atoms with Crippen molar-refractivity contribution < 1.29 is 4.79 Å². The van der Waals surface area contributed by atoms with Gasteiger partial charge >= 0.3 is 0 Å². The van der Waals surface area contributed by atoms with Crippen LogP contribution in [0.3, 0.4) is 0 Å². The fourth-order valence-corrected chi connectivity index (χ4v) is 2.40. The van der Waals surface area contributed by atoms with Gasteiger partial charge in [0, 0.05) is 0 Å². The molecule has 0 radical (unpaired) electrons. The molecular formula is C11H18N2OS. The number of nitrogens with one attached hydrogen (secondary N) is 1. The molecule has 1 aromatic rings. The number of hydrazine groups is 1. The van der Waals surface area contributed by atoms with Gasteiger partial charge in [0.2, 0.25) is 0 Å². The van der Waals surface area contributed by atoms with E-state index in [9.17, 15) is 4.79 Å². The zero-order chi connectivity index (χ0) is 11.1. The summed E-state index contributed by atoms with van der Waals surface area (Å²) in [6.45, 7) is 2.19. The number of amides is 1. The van der Waals surface area contributed by atoms with Gasteiger partial charge < -0.3 is 0 Å². The highest BCUT2D eigenvalue weighted by Crippen LogP contribution is 2.19. The van der Waals surface area contributed by atoms with Gasteiger partial charge in [-0.05, 0) is 29.9 Å². The number of unbranched alkanes of at least 4 members (excludes halogenated alkanes) is 3. The van der Waals surface area contributed by atoms with Crippen molar-refractivity contribution in [1.82, 2.24) is 5.43 Å². The van der Waals surface area contributed by atoms with Gasteiger partial charge in [0.05, 0.1) is 4.88 Å². The van der Waals surface area contributed by atoms with E-state index in [0.29, 0.717) is 0 Å². The van der Waals surface area contributed by atoms with Crippen molar-refractivity contribution >= 4 is 17.2 Å². The Hall–Kier alpha value is -0.870. The van der Waals surface area contributed by atoms with Crippen LogP contribution in [-0.4, -0.2) is 5.91 Å². The maximum Gasteiger partial charge on any atom is 0.275 e. The molecule has 0 aromatic carbocycles. The van der Waals surface area contributed by atoms with Gasteiger partial charge in [0.1, 0.15) is 0 Å². The zero-order valence-corrected chi connectivity index (χ0v) is 9.90. The van der Waals surface area contributed by atoms with E-state index in [4.69, 9.17) is 5.84 Å². The molecule has 15 heavy (non-hydrogen) atoms. The van der Waals surface area contributed by atoms with Crippen LogP contribution in [0.25, 0.3) is 0 Å². The monoisotopic (exact) mass is 226 g/mol. The van der Waals surface area contributed by atoms with Crippen molar-refractivity contribution in [3.05, 3.63) is 21.9 Å². The molecule has 0 fully saturated rings. The standard InChI is InChI=1S/C11H18N2OS/c1-2-3-4-5-6-9-7-8-15-10(9)11(14)13-12/h7-8H,2-6,12H2,1H3,(H,13,14). The third-order valence-corrected chi connectivity index (χ3v) is 3.34. The van der Waals surface area contributed by atoms with Crippen LogP contribution in [0, 0.1) is 0 Å². The zero-order valence-electron chi connectivity index (χ0n) is 9.08. The molecule has 0 unspecified atom stereocenters. The third kappa shape index (κ3) is 3.64. The molecule has 0 spiro atoms. The predicted molar refractivity (Wildman–Crippen MR) is 63.8 cm³/mol. The average molecular weight is 226 g/mol. The molecule has 1 amide bonds. The molecule has 1 rings (SSSR count). The van der Waals surface area contributed by atoms with Gasteiger partial charge in [-0.1, -0.05) is 26.2 Å². The first-order valence-electron chi connectivity index (χ1n) is 5.37. The number of aryl methyl sites for hydroxylation is 1. The minimum absolute atomic E-state index is 0.171. The summed E-state index contributed by atoms with van der Waals surface area (Å²) < 4.78 is 0. The highest BCUT2D eigenvalue weighted by molar-refractivity contribution is 7.12. The Kier molecular flexibility index (Phi) is 5.36. The lowest BCUT2D eigenvalue weighted by Crippen LogP contribution is -2.29. The van der Waals surface area contributed by atoms with E-state index in [-0.39, 0.29) is 5.91 Å². The van der Waals surface area contributed by atoms with Gasteiger partial charge in [-0.2, -0.15) is 0 Å². The van der Waals surface area contributed by atoms with Gasteiger partial charge in [-0.3, -0.25) is 10.2 Å². The van der Waals surface area contributed by atoms with Gasteiger partial charge in [0.15, 0.2) is 0 Å². The fourth-order valence-electron chi connectivity index (χ4n) is 1.54. The maximum atomic E-state index is 11.4. The molecule has 3 N–H and O–H groups in total. The van der Waals surface area contributed by atoms with E-state index in [1.165, 1.54) is 30.6 Å². The number of carbonyl (C=O) groups is 1. The molecular weight excluding hydrogens is 208 g/mol. The summed E-state index contributed by atoms with van der Waals surface area (Å²) in [6, 6.07) is 2.02. The van der Waals surface area contributed by atoms with Crippen LogP contribution in [0.4, 0.5) is 0 Å². The summed E-state index contributed by atoms with van der Waals surface area (Å²) in [5.41, 5.74) is 3.30. The molecule has 84 valence electrons. The fraction of sp³-hybridized carbons (Fsp3) is 0.545. The van der Waals surface area contributed by atoms with Crippen molar-refractivity contribution in [2.24, 2.45) is 5.84 Å². The third-order valence-electron chi connectivity index (χ3n) is 2.38. The van der Waals surface area contributed by atoms with Crippen molar-refractivity contribution in [2.45, 2.75) is 39.0 Å². The molecule has 0 aliphatic rings. The van der Waals surface area contributed by atoms with E-state index in [2.05, 4.69) is 12.3 Å². The lowest BCUT2D eigenvalue weighted by Gasteiger charge is -2.02. The van der Waals surface area contributed by atoms with Crippen LogP contribution in [0.15, 0.2) is 11.4 Å². The van der Waals surface area contributed by atoms with Crippen LogP contribution in [0.1, 0.15) is 47.8 Å². The molecule has 3 nitrogen and oxygen atoms in total. The second-order valence-corrected chi connectivity index (χ2v) is 4.48. The normalized spacial score (nSPS) is 10.3. The number of rotatable bonds is 6. The number of hydrogen-bond donors (Lipinski definition) is 2. The summed E-state index contributed by atoms with van der Waals surface area (Å²) in [4.78, 5) is 12.1. The van der Waals surface area contributed by atoms with Crippen LogP contribution < -0.4 is 11.3 Å². The molecule has 4 heteroatoms. The highest BCUT2D eigenvalue weighted by atomic mass is 32.1. The van der Waals surface area contributed by atoms with E-state index in [1.54, 1.807) is 0 Å². The molecule has 1 heterocycles. The smallest absolute Gasteiger partial charge is 0.275 e. The van der Waals surface area contributed by atoms with Crippen LogP contribution in [0.2, 0.25) is 0 Å². The van der Waals surface area contributed by atoms with E-state index < -0.39 is 0 Å². The summed E-state index contributed by atoms with van der Waals surface area (Å²) in [5, 5.41) is 1.94. The minimum atomic E-state index is -0.171. The highest BCUT2D eigenvalue weighted by Gasteiger charge is 2.10. The number of carbonyl (C=O) groups excluding carboxylic acids is 1. The number of nitrogen functional groups attached to an aromatic ring is 1. The Morgan fingerprint density at radius 2 is 2.27 bits per heavy atom. The Morgan fingerprint density at radius 3 is 2.93 bits per heavy atom. The predicted octanol–water partition coefficient (Wildman–Crippen LogP) is 2.47. The molecule has 0 saturated heterocycles. The SMILES string of the molecule is CCCCCCc1ccsc1C(=O)NN. The van der Waals surface area contributed by atoms with E-state index >= 15 is 0 Å². The molecule has 0 aliphatic heterocycles. The number of hydrogen-bond acceptors (Lipinski definition) is 3.